The van der Waals surface area contributed by atoms with Gasteiger partial charge in [-0.2, -0.15) is 0 Å². The number of hydrogen-bond acceptors (Lipinski definition) is 6. The number of fused-ring (bicyclic) bond motifs is 1. The monoisotopic (exact) mass is 521 g/mol. The second kappa shape index (κ2) is 11.3. The number of nitrogens with zero attached hydrogens (tertiary/aromatic N) is 5. The largest absolute Gasteiger partial charge is 0.486 e. The molecule has 1 saturated heterocycles. The molecule has 0 spiro atoms. The summed E-state index contributed by atoms with van der Waals surface area (Å²) in [6, 6.07) is 7.48. The van der Waals surface area contributed by atoms with Gasteiger partial charge in [0.25, 0.3) is 0 Å². The molecular formula is C30H37F2N5O. The van der Waals surface area contributed by atoms with Crippen LogP contribution in [0.15, 0.2) is 30.5 Å². The fourth-order valence-electron chi connectivity index (χ4n) is 5.61. The number of likely N-dealkylation sites (tertiary alicyclic amines) is 1. The summed E-state index contributed by atoms with van der Waals surface area (Å²) in [7, 11) is 2.17. The third-order valence-electron chi connectivity index (χ3n) is 7.65. The van der Waals surface area contributed by atoms with E-state index in [1.807, 2.05) is 13.8 Å². The number of hydrogen-bond donors (Lipinski definition) is 0. The van der Waals surface area contributed by atoms with E-state index < -0.39 is 11.6 Å². The highest BCUT2D eigenvalue weighted by Gasteiger charge is 2.26. The van der Waals surface area contributed by atoms with Crippen LogP contribution in [-0.2, 0) is 12.8 Å². The van der Waals surface area contributed by atoms with Gasteiger partial charge in [-0.05, 0) is 82.9 Å². The molecule has 0 amide bonds. The van der Waals surface area contributed by atoms with Gasteiger partial charge in [-0.3, -0.25) is 4.98 Å². The van der Waals surface area contributed by atoms with Gasteiger partial charge in [0.15, 0.2) is 17.4 Å². The van der Waals surface area contributed by atoms with Gasteiger partial charge in [0.05, 0.1) is 24.8 Å². The number of piperidine rings is 1. The number of rotatable bonds is 7. The lowest BCUT2D eigenvalue weighted by Gasteiger charge is -2.34. The Bertz CT molecular complexity index is 1290. The van der Waals surface area contributed by atoms with Crippen molar-refractivity contribution in [2.75, 3.05) is 38.2 Å². The van der Waals surface area contributed by atoms with Crippen molar-refractivity contribution < 1.29 is 13.5 Å². The summed E-state index contributed by atoms with van der Waals surface area (Å²) in [5, 5.41) is 0. The molecule has 0 saturated carbocycles. The summed E-state index contributed by atoms with van der Waals surface area (Å²) >= 11 is 0. The highest BCUT2D eigenvalue weighted by molar-refractivity contribution is 5.72. The molecule has 0 atom stereocenters. The van der Waals surface area contributed by atoms with Gasteiger partial charge >= 0.3 is 0 Å². The molecular weight excluding hydrogens is 484 g/mol. The summed E-state index contributed by atoms with van der Waals surface area (Å²) < 4.78 is 35.6. The van der Waals surface area contributed by atoms with Gasteiger partial charge in [0.1, 0.15) is 18.1 Å². The topological polar surface area (TPSA) is 54.4 Å². The van der Waals surface area contributed by atoms with E-state index in [4.69, 9.17) is 9.72 Å². The van der Waals surface area contributed by atoms with E-state index in [-0.39, 0.29) is 17.5 Å². The molecule has 0 aliphatic carbocycles. The van der Waals surface area contributed by atoms with E-state index in [9.17, 15) is 4.39 Å². The van der Waals surface area contributed by atoms with E-state index in [1.165, 1.54) is 17.8 Å². The standard InChI is InChI=1S/C30H37F2N5O/c1-5-6-26-23(20-9-11-36(4)12-10-20)8-7-22(34-26)17-28-33-18-25(32)29(35-28)21-15-24(31)30-27(16-21)37(19(2)3)13-14-38-30/h7-8,15-16,18-20H,5-6,9-14,17H2,1-4H3. The third kappa shape index (κ3) is 5.51. The van der Waals surface area contributed by atoms with Crippen molar-refractivity contribution in [1.82, 2.24) is 19.9 Å². The van der Waals surface area contributed by atoms with Crippen LogP contribution >= 0.6 is 0 Å². The van der Waals surface area contributed by atoms with Crippen molar-refractivity contribution in [2.24, 2.45) is 0 Å². The van der Waals surface area contributed by atoms with Gasteiger partial charge in [0, 0.05) is 23.0 Å². The Balaban J connectivity index is 1.44. The molecule has 0 radical (unpaired) electrons. The minimum Gasteiger partial charge on any atom is -0.486 e. The number of benzene rings is 1. The summed E-state index contributed by atoms with van der Waals surface area (Å²) in [4.78, 5) is 18.2. The maximum Gasteiger partial charge on any atom is 0.178 e. The number of aryl methyl sites for hydroxylation is 1. The molecule has 4 heterocycles. The normalized spacial score (nSPS) is 16.6. The van der Waals surface area contributed by atoms with E-state index in [1.54, 1.807) is 6.07 Å². The van der Waals surface area contributed by atoms with Crippen LogP contribution in [0.4, 0.5) is 14.5 Å². The SMILES string of the molecule is CCCc1nc(Cc2ncc(F)c(-c3cc(F)c4c(c3)N(C(C)C)CCO4)n2)ccc1C1CCN(C)CC1. The van der Waals surface area contributed by atoms with Gasteiger partial charge in [0.2, 0.25) is 0 Å². The van der Waals surface area contributed by atoms with E-state index in [2.05, 4.69) is 45.9 Å². The molecule has 2 aliphatic heterocycles. The zero-order valence-corrected chi connectivity index (χ0v) is 22.8. The average molecular weight is 522 g/mol. The van der Waals surface area contributed by atoms with Gasteiger partial charge in [-0.1, -0.05) is 19.4 Å². The van der Waals surface area contributed by atoms with Crippen molar-refractivity contribution in [3.05, 3.63) is 64.9 Å². The predicted molar refractivity (Wildman–Crippen MR) is 146 cm³/mol. The summed E-state index contributed by atoms with van der Waals surface area (Å²) in [5.74, 6) is 0.103. The number of ether oxygens (including phenoxy) is 1. The Morgan fingerprint density at radius 3 is 2.58 bits per heavy atom. The van der Waals surface area contributed by atoms with Gasteiger partial charge in [-0.25, -0.2) is 18.7 Å². The highest BCUT2D eigenvalue weighted by atomic mass is 19.1. The molecule has 1 fully saturated rings. The molecule has 0 unspecified atom stereocenters. The first-order chi connectivity index (χ1) is 18.3. The molecule has 3 aromatic rings. The van der Waals surface area contributed by atoms with Crippen LogP contribution in [0, 0.1) is 11.6 Å². The number of anilines is 1. The molecule has 0 bridgehead atoms. The Morgan fingerprint density at radius 1 is 1.05 bits per heavy atom. The first kappa shape index (κ1) is 26.5. The zero-order valence-electron chi connectivity index (χ0n) is 22.8. The van der Waals surface area contributed by atoms with Crippen LogP contribution in [0.25, 0.3) is 11.3 Å². The van der Waals surface area contributed by atoms with Crippen LogP contribution in [0.3, 0.4) is 0 Å². The first-order valence-corrected chi connectivity index (χ1v) is 13.8. The minimum absolute atomic E-state index is 0.0858. The molecule has 38 heavy (non-hydrogen) atoms. The van der Waals surface area contributed by atoms with Crippen molar-refractivity contribution in [3.63, 3.8) is 0 Å². The van der Waals surface area contributed by atoms with Crippen molar-refractivity contribution in [1.29, 1.82) is 0 Å². The van der Waals surface area contributed by atoms with Crippen molar-refractivity contribution in [2.45, 2.75) is 64.8 Å². The lowest BCUT2D eigenvalue weighted by atomic mass is 9.87. The highest BCUT2D eigenvalue weighted by Crippen LogP contribution is 2.39. The maximum absolute atomic E-state index is 15.0. The van der Waals surface area contributed by atoms with Crippen LogP contribution < -0.4 is 9.64 Å². The Hall–Kier alpha value is -3.13. The summed E-state index contributed by atoms with van der Waals surface area (Å²) in [5.41, 5.74) is 4.44. The number of pyridine rings is 1. The quantitative estimate of drug-likeness (QED) is 0.393. The summed E-state index contributed by atoms with van der Waals surface area (Å²) in [6.45, 7) is 9.53. The van der Waals surface area contributed by atoms with Crippen LogP contribution in [0.5, 0.6) is 5.75 Å². The molecule has 5 rings (SSSR count). The number of aromatic nitrogens is 3. The lowest BCUT2D eigenvalue weighted by Crippen LogP contribution is -2.38. The van der Waals surface area contributed by atoms with E-state index >= 15 is 4.39 Å². The van der Waals surface area contributed by atoms with Crippen LogP contribution in [-0.4, -0.2) is 59.2 Å². The first-order valence-electron chi connectivity index (χ1n) is 13.8. The third-order valence-corrected chi connectivity index (χ3v) is 7.65. The second-order valence-corrected chi connectivity index (χ2v) is 10.8. The van der Waals surface area contributed by atoms with Gasteiger partial charge < -0.3 is 14.5 Å². The molecule has 202 valence electrons. The average Bonchev–Trinajstić information content (AvgIpc) is 2.90. The predicted octanol–water partition coefficient (Wildman–Crippen LogP) is 5.78. The molecule has 2 aliphatic rings. The zero-order chi connectivity index (χ0) is 26.8. The minimum atomic E-state index is -0.585. The van der Waals surface area contributed by atoms with Crippen molar-refractivity contribution >= 4 is 5.69 Å². The Morgan fingerprint density at radius 2 is 1.84 bits per heavy atom. The smallest absolute Gasteiger partial charge is 0.178 e. The molecule has 0 N–H and O–H groups in total. The fourth-order valence-corrected chi connectivity index (χ4v) is 5.61. The van der Waals surface area contributed by atoms with Crippen LogP contribution in [0.2, 0.25) is 0 Å². The van der Waals surface area contributed by atoms with Gasteiger partial charge in [-0.15, -0.1) is 0 Å². The fraction of sp³-hybridized carbons (Fsp3) is 0.500. The second-order valence-electron chi connectivity index (χ2n) is 10.8. The van der Waals surface area contributed by atoms with Crippen LogP contribution in [0.1, 0.15) is 68.7 Å². The maximum atomic E-state index is 15.0. The lowest BCUT2D eigenvalue weighted by molar-refractivity contribution is 0.254. The van der Waals surface area contributed by atoms with E-state index in [0.29, 0.717) is 42.6 Å². The van der Waals surface area contributed by atoms with E-state index in [0.717, 1.165) is 50.2 Å². The Kier molecular flexibility index (Phi) is 7.88. The molecule has 8 heteroatoms. The molecule has 1 aromatic carbocycles. The summed E-state index contributed by atoms with van der Waals surface area (Å²) in [6.07, 6.45) is 5.80. The molecule has 2 aromatic heterocycles. The Labute approximate surface area is 224 Å². The number of halogens is 2. The van der Waals surface area contributed by atoms with Crippen molar-refractivity contribution in [3.8, 4) is 17.0 Å². The molecule has 6 nitrogen and oxygen atoms in total.